The number of nitrogens with zero attached hydrogens (tertiary/aromatic N) is 1. The molecule has 0 saturated carbocycles. The highest BCUT2D eigenvalue weighted by Gasteiger charge is 1.93. The molecule has 0 spiro atoms. The lowest BCUT2D eigenvalue weighted by atomic mass is 10.4. The van der Waals surface area contributed by atoms with Gasteiger partial charge in [0.15, 0.2) is 0 Å². The zero-order valence-electron chi connectivity index (χ0n) is 7.98. The molecule has 0 aliphatic heterocycles. The molecule has 1 heteroatoms. The molecule has 0 aromatic rings. The van der Waals surface area contributed by atoms with Gasteiger partial charge in [0.25, 0.3) is 0 Å². The predicted molar refractivity (Wildman–Crippen MR) is 50.2 cm³/mol. The largest absolute Gasteiger partial charge is 0.333 e. The van der Waals surface area contributed by atoms with Gasteiger partial charge in [-0.2, -0.15) is 0 Å². The Morgan fingerprint density at radius 1 is 1.00 bits per heavy atom. The highest BCUT2D eigenvalue weighted by atomic mass is 15.1. The molecule has 11 heavy (non-hydrogen) atoms. The van der Waals surface area contributed by atoms with Gasteiger partial charge in [0, 0.05) is 25.6 Å². The summed E-state index contributed by atoms with van der Waals surface area (Å²) in [7, 11) is 0. The SMILES string of the molecule is CCC#CN(CCC)CCC. The topological polar surface area (TPSA) is 3.24 Å². The first-order chi connectivity index (χ1) is 5.35. The van der Waals surface area contributed by atoms with Crippen LogP contribution in [-0.2, 0) is 0 Å². The molecule has 0 fully saturated rings. The maximum absolute atomic E-state index is 3.15. The Morgan fingerprint density at radius 2 is 1.55 bits per heavy atom. The van der Waals surface area contributed by atoms with E-state index >= 15 is 0 Å². The van der Waals surface area contributed by atoms with Crippen LogP contribution in [0.15, 0.2) is 0 Å². The summed E-state index contributed by atoms with van der Waals surface area (Å²) in [5.74, 6) is 3.09. The van der Waals surface area contributed by atoms with Crippen molar-refractivity contribution in [2.24, 2.45) is 0 Å². The highest BCUT2D eigenvalue weighted by Crippen LogP contribution is 1.91. The molecule has 0 radical (unpaired) electrons. The number of hydrogen-bond donors (Lipinski definition) is 0. The third-order valence-electron chi connectivity index (χ3n) is 1.40. The summed E-state index contributed by atoms with van der Waals surface area (Å²) in [6.07, 6.45) is 3.35. The second-order valence-corrected chi connectivity index (χ2v) is 2.63. The lowest BCUT2D eigenvalue weighted by Gasteiger charge is -2.14. The molecule has 0 aliphatic carbocycles. The minimum absolute atomic E-state index is 0.962. The van der Waals surface area contributed by atoms with Gasteiger partial charge in [-0.1, -0.05) is 26.7 Å². The molecule has 0 saturated heterocycles. The molecule has 0 atom stereocenters. The number of rotatable bonds is 4. The average molecular weight is 153 g/mol. The van der Waals surface area contributed by atoms with Crippen molar-refractivity contribution >= 4 is 0 Å². The fourth-order valence-corrected chi connectivity index (χ4v) is 0.954. The Balaban J connectivity index is 3.68. The van der Waals surface area contributed by atoms with Crippen LogP contribution >= 0.6 is 0 Å². The minimum Gasteiger partial charge on any atom is -0.333 e. The summed E-state index contributed by atoms with van der Waals surface area (Å²) in [4.78, 5) is 2.21. The van der Waals surface area contributed by atoms with Gasteiger partial charge in [0.05, 0.1) is 0 Å². The summed E-state index contributed by atoms with van der Waals surface area (Å²) in [5, 5.41) is 0. The molecule has 0 aliphatic rings. The van der Waals surface area contributed by atoms with Crippen LogP contribution in [0.4, 0.5) is 0 Å². The van der Waals surface area contributed by atoms with Crippen molar-refractivity contribution in [3.63, 3.8) is 0 Å². The molecule has 0 aromatic carbocycles. The Labute approximate surface area is 70.8 Å². The molecule has 0 bridgehead atoms. The first kappa shape index (κ1) is 10.4. The Morgan fingerprint density at radius 3 is 1.91 bits per heavy atom. The van der Waals surface area contributed by atoms with Crippen molar-refractivity contribution in [2.75, 3.05) is 13.1 Å². The van der Waals surface area contributed by atoms with Crippen LogP contribution in [0.5, 0.6) is 0 Å². The van der Waals surface area contributed by atoms with E-state index in [1.807, 2.05) is 0 Å². The maximum atomic E-state index is 3.15. The Kier molecular flexibility index (Phi) is 7.03. The average Bonchev–Trinajstić information content (AvgIpc) is 2.01. The Bertz CT molecular complexity index is 124. The molecular formula is C10H19N. The smallest absolute Gasteiger partial charge is 0.0257 e. The van der Waals surface area contributed by atoms with Gasteiger partial charge in [-0.05, 0) is 12.8 Å². The summed E-state index contributed by atoms with van der Waals surface area (Å²) in [6.45, 7) is 8.69. The fourth-order valence-electron chi connectivity index (χ4n) is 0.954. The lowest BCUT2D eigenvalue weighted by Crippen LogP contribution is -2.19. The van der Waals surface area contributed by atoms with Crippen LogP contribution in [0, 0.1) is 12.0 Å². The van der Waals surface area contributed by atoms with Crippen LogP contribution in [-0.4, -0.2) is 18.0 Å². The van der Waals surface area contributed by atoms with Gasteiger partial charge in [0.2, 0.25) is 0 Å². The molecule has 1 nitrogen and oxygen atoms in total. The van der Waals surface area contributed by atoms with Crippen LogP contribution in [0.1, 0.15) is 40.0 Å². The van der Waals surface area contributed by atoms with Crippen LogP contribution in [0.25, 0.3) is 0 Å². The molecular weight excluding hydrogens is 134 g/mol. The molecule has 0 N–H and O–H groups in total. The molecule has 0 rings (SSSR count). The highest BCUT2D eigenvalue weighted by molar-refractivity contribution is 4.97. The fraction of sp³-hybridized carbons (Fsp3) is 0.800. The molecule has 0 aromatic heterocycles. The van der Waals surface area contributed by atoms with Crippen molar-refractivity contribution in [2.45, 2.75) is 40.0 Å². The standard InChI is InChI=1S/C10H19N/c1-4-7-10-11(8-5-2)9-6-3/h4-6,8-9H2,1-3H3. The van der Waals surface area contributed by atoms with Gasteiger partial charge in [0.1, 0.15) is 0 Å². The summed E-state index contributed by atoms with van der Waals surface area (Å²) >= 11 is 0. The Hall–Kier alpha value is -0.640. The molecule has 64 valence electrons. The van der Waals surface area contributed by atoms with Gasteiger partial charge in [-0.15, -0.1) is 0 Å². The summed E-state index contributed by atoms with van der Waals surface area (Å²) < 4.78 is 0. The van der Waals surface area contributed by atoms with Crippen molar-refractivity contribution in [3.8, 4) is 12.0 Å². The quantitative estimate of drug-likeness (QED) is 0.443. The second kappa shape index (κ2) is 7.47. The monoisotopic (exact) mass is 153 g/mol. The van der Waals surface area contributed by atoms with Crippen molar-refractivity contribution in [3.05, 3.63) is 0 Å². The number of hydrogen-bond acceptors (Lipinski definition) is 1. The van der Waals surface area contributed by atoms with E-state index < -0.39 is 0 Å². The predicted octanol–water partition coefficient (Wildman–Crippen LogP) is 2.48. The lowest BCUT2D eigenvalue weighted by molar-refractivity contribution is 0.397. The van der Waals surface area contributed by atoms with Crippen molar-refractivity contribution in [1.29, 1.82) is 0 Å². The normalized spacial score (nSPS) is 8.64. The first-order valence-corrected chi connectivity index (χ1v) is 4.58. The van der Waals surface area contributed by atoms with E-state index in [0.29, 0.717) is 0 Å². The summed E-state index contributed by atoms with van der Waals surface area (Å²) in [5.41, 5.74) is 0. The van der Waals surface area contributed by atoms with Gasteiger partial charge >= 0.3 is 0 Å². The van der Waals surface area contributed by atoms with Crippen LogP contribution in [0.2, 0.25) is 0 Å². The molecule has 0 unspecified atom stereocenters. The van der Waals surface area contributed by atoms with Crippen molar-refractivity contribution < 1.29 is 0 Å². The van der Waals surface area contributed by atoms with E-state index in [-0.39, 0.29) is 0 Å². The van der Waals surface area contributed by atoms with Gasteiger partial charge in [-0.3, -0.25) is 0 Å². The second-order valence-electron chi connectivity index (χ2n) is 2.63. The van der Waals surface area contributed by atoms with Crippen LogP contribution in [0.3, 0.4) is 0 Å². The van der Waals surface area contributed by atoms with E-state index in [1.165, 1.54) is 12.8 Å². The molecule has 0 amide bonds. The molecule has 0 heterocycles. The van der Waals surface area contributed by atoms with E-state index in [1.54, 1.807) is 0 Å². The van der Waals surface area contributed by atoms with E-state index in [4.69, 9.17) is 0 Å². The van der Waals surface area contributed by atoms with Crippen molar-refractivity contribution in [1.82, 2.24) is 4.90 Å². The minimum atomic E-state index is 0.962. The van der Waals surface area contributed by atoms with Crippen LogP contribution < -0.4 is 0 Å². The third kappa shape index (κ3) is 5.79. The maximum Gasteiger partial charge on any atom is 0.0257 e. The third-order valence-corrected chi connectivity index (χ3v) is 1.40. The van der Waals surface area contributed by atoms with Gasteiger partial charge < -0.3 is 4.90 Å². The van der Waals surface area contributed by atoms with E-state index in [9.17, 15) is 0 Å². The summed E-state index contributed by atoms with van der Waals surface area (Å²) in [6, 6.07) is 3.15. The van der Waals surface area contributed by atoms with Gasteiger partial charge in [-0.25, -0.2) is 0 Å². The van der Waals surface area contributed by atoms with E-state index in [0.717, 1.165) is 19.5 Å². The first-order valence-electron chi connectivity index (χ1n) is 4.58. The van der Waals surface area contributed by atoms with E-state index in [2.05, 4.69) is 37.6 Å². The zero-order valence-corrected chi connectivity index (χ0v) is 7.98. The zero-order chi connectivity index (χ0) is 8.53.